The molecule has 0 amide bonds. The number of esters is 1. The van der Waals surface area contributed by atoms with E-state index in [4.69, 9.17) is 13.8 Å². The van der Waals surface area contributed by atoms with Gasteiger partial charge in [-0.2, -0.15) is 13.9 Å². The molecule has 35 heavy (non-hydrogen) atoms. The lowest BCUT2D eigenvalue weighted by Gasteiger charge is -2.24. The van der Waals surface area contributed by atoms with Crippen LogP contribution < -0.4 is 14.1 Å². The molecule has 6 nitrogen and oxygen atoms in total. The van der Waals surface area contributed by atoms with Gasteiger partial charge in [0.05, 0.1) is 6.61 Å². The third-order valence-corrected chi connectivity index (χ3v) is 6.17. The minimum atomic E-state index is -4.97. The summed E-state index contributed by atoms with van der Waals surface area (Å²) in [6.45, 7) is 10.6. The molecule has 1 unspecified atom stereocenters. The first kappa shape index (κ1) is 28.6. The lowest BCUT2D eigenvalue weighted by Crippen LogP contribution is -2.36. The first-order valence-electron chi connectivity index (χ1n) is 10.6. The molecule has 2 atom stereocenters. The topological polar surface area (TPSA) is 73.9 Å². The van der Waals surface area contributed by atoms with Crippen LogP contribution >= 0.6 is 7.75 Å². The molecular weight excluding hydrogens is 496 g/mol. The van der Waals surface area contributed by atoms with Gasteiger partial charge in [0, 0.05) is 0 Å². The van der Waals surface area contributed by atoms with E-state index < -0.39 is 54.6 Å². The number of halogens is 5. The molecule has 0 aliphatic carbocycles. The smallest absolute Gasteiger partial charge is 0.464 e. The summed E-state index contributed by atoms with van der Waals surface area (Å²) < 4.78 is 97.7. The fourth-order valence-corrected chi connectivity index (χ4v) is 4.20. The van der Waals surface area contributed by atoms with Gasteiger partial charge in [0.25, 0.3) is 0 Å². The van der Waals surface area contributed by atoms with Gasteiger partial charge in [-0.15, -0.1) is 0 Å². The Balaban J connectivity index is 2.45. The quantitative estimate of drug-likeness (QED) is 0.134. The van der Waals surface area contributed by atoms with Crippen molar-refractivity contribution in [3.8, 4) is 11.5 Å². The minimum absolute atomic E-state index is 0.0166. The van der Waals surface area contributed by atoms with Crippen molar-refractivity contribution in [2.75, 3.05) is 6.61 Å². The van der Waals surface area contributed by atoms with E-state index in [-0.39, 0.29) is 23.7 Å². The molecule has 0 saturated heterocycles. The molecule has 0 bridgehead atoms. The molecule has 0 fully saturated rings. The largest absolute Gasteiger partial charge is 0.513 e. The minimum Gasteiger partial charge on any atom is -0.464 e. The number of carbonyl (C=O) groups is 1. The number of carbonyl (C=O) groups excluding carboxylic acids is 1. The van der Waals surface area contributed by atoms with Gasteiger partial charge in [-0.25, -0.2) is 17.7 Å². The van der Waals surface area contributed by atoms with E-state index in [1.807, 2.05) is 20.8 Å². The molecule has 2 aromatic rings. The van der Waals surface area contributed by atoms with Gasteiger partial charge in [0.1, 0.15) is 11.8 Å². The maximum absolute atomic E-state index is 14.2. The second kappa shape index (κ2) is 11.0. The normalized spacial score (nSPS) is 14.4. The zero-order valence-corrected chi connectivity index (χ0v) is 20.9. The third kappa shape index (κ3) is 7.18. The summed E-state index contributed by atoms with van der Waals surface area (Å²) in [6, 6.07) is 4.59. The highest BCUT2D eigenvalue weighted by atomic mass is 31.2. The number of rotatable bonds is 9. The van der Waals surface area contributed by atoms with Crippen molar-refractivity contribution in [1.82, 2.24) is 5.09 Å². The summed E-state index contributed by atoms with van der Waals surface area (Å²) >= 11 is 0. The van der Waals surface area contributed by atoms with Crippen LogP contribution in [0.25, 0.3) is 0 Å². The summed E-state index contributed by atoms with van der Waals surface area (Å²) in [5.41, 5.74) is 0.611. The average molecular weight is 523 g/mol. The maximum atomic E-state index is 14.2. The molecule has 0 heterocycles. The monoisotopic (exact) mass is 523 g/mol. The van der Waals surface area contributed by atoms with Gasteiger partial charge in [0.15, 0.2) is 0 Å². The Morgan fingerprint density at radius 3 is 1.83 bits per heavy atom. The van der Waals surface area contributed by atoms with Crippen molar-refractivity contribution in [1.29, 1.82) is 0 Å². The van der Waals surface area contributed by atoms with Crippen LogP contribution in [0.1, 0.15) is 47.1 Å². The van der Waals surface area contributed by atoms with Crippen molar-refractivity contribution in [3.63, 3.8) is 0 Å². The van der Waals surface area contributed by atoms with Crippen LogP contribution in [0.2, 0.25) is 0 Å². The fourth-order valence-electron chi connectivity index (χ4n) is 2.67. The van der Waals surface area contributed by atoms with Crippen molar-refractivity contribution in [2.24, 2.45) is 5.92 Å². The lowest BCUT2D eigenvalue weighted by atomic mass is 9.87. The lowest BCUT2D eigenvalue weighted by molar-refractivity contribution is -0.146. The van der Waals surface area contributed by atoms with Crippen molar-refractivity contribution in [2.45, 2.75) is 53.0 Å². The van der Waals surface area contributed by atoms with E-state index in [1.54, 1.807) is 26.0 Å². The molecule has 194 valence electrons. The Kier molecular flexibility index (Phi) is 8.94. The highest BCUT2D eigenvalue weighted by molar-refractivity contribution is 7.52. The Hall–Kier alpha value is -2.65. The average Bonchev–Trinajstić information content (AvgIpc) is 2.77. The molecule has 12 heteroatoms. The Morgan fingerprint density at radius 1 is 0.886 bits per heavy atom. The molecule has 0 aromatic heterocycles. The highest BCUT2D eigenvalue weighted by Gasteiger charge is 2.38. The van der Waals surface area contributed by atoms with Gasteiger partial charge >= 0.3 is 13.7 Å². The number of ether oxygens (including phenoxy) is 1. The predicted octanol–water partition coefficient (Wildman–Crippen LogP) is 6.42. The zero-order valence-electron chi connectivity index (χ0n) is 20.0. The molecule has 0 aliphatic heterocycles. The van der Waals surface area contributed by atoms with Gasteiger partial charge in [-0.3, -0.25) is 4.79 Å². The molecule has 2 rings (SSSR count). The molecule has 0 aliphatic rings. The molecular formula is C23H27F5NO5P. The fraction of sp³-hybridized carbons (Fsp3) is 0.435. The van der Waals surface area contributed by atoms with Gasteiger partial charge in [0.2, 0.25) is 34.8 Å². The number of hydrogen-bond acceptors (Lipinski definition) is 5. The van der Waals surface area contributed by atoms with Gasteiger partial charge < -0.3 is 13.8 Å². The number of benzene rings is 2. The molecule has 2 aromatic carbocycles. The van der Waals surface area contributed by atoms with E-state index in [0.717, 1.165) is 5.56 Å². The summed E-state index contributed by atoms with van der Waals surface area (Å²) in [4.78, 5) is 12.2. The standard InChI is InChI=1S/C23H27F5NO5P/c1-12(2)11-32-22(30)13(3)29-35(31,33-15-9-7-14(8-10-15)23(4,5)6)34-21-19(27)17(25)16(24)18(26)20(21)28/h7-10,12-13H,11H2,1-6H3,(H,29,31)/t13-,35?/m0/s1. The van der Waals surface area contributed by atoms with Crippen molar-refractivity contribution in [3.05, 3.63) is 58.9 Å². The first-order chi connectivity index (χ1) is 16.1. The van der Waals surface area contributed by atoms with Gasteiger partial charge in [-0.1, -0.05) is 46.8 Å². The van der Waals surface area contributed by atoms with Crippen LogP contribution in [-0.2, 0) is 19.5 Å². The molecule has 0 saturated carbocycles. The van der Waals surface area contributed by atoms with Gasteiger partial charge in [-0.05, 0) is 36.0 Å². The summed E-state index contributed by atoms with van der Waals surface area (Å²) in [7, 11) is -4.97. The van der Waals surface area contributed by atoms with E-state index in [0.29, 0.717) is 0 Å². The molecule has 0 spiro atoms. The van der Waals surface area contributed by atoms with Crippen LogP contribution in [0.15, 0.2) is 24.3 Å². The maximum Gasteiger partial charge on any atom is 0.513 e. The SMILES string of the molecule is CC(C)COC(=O)[C@H](C)NP(=O)(Oc1ccc(C(C)(C)C)cc1)Oc1c(F)c(F)c(F)c(F)c1F. The second-order valence-corrected chi connectivity index (χ2v) is 10.8. The second-order valence-electron chi connectivity index (χ2n) is 9.23. The van der Waals surface area contributed by atoms with Crippen LogP contribution in [0, 0.1) is 35.0 Å². The van der Waals surface area contributed by atoms with E-state index in [9.17, 15) is 31.3 Å². The summed E-state index contributed by atoms with van der Waals surface area (Å²) in [5, 5.41) is 2.13. The summed E-state index contributed by atoms with van der Waals surface area (Å²) in [6.07, 6.45) is 0. The zero-order chi connectivity index (χ0) is 26.7. The first-order valence-corrected chi connectivity index (χ1v) is 12.2. The Morgan fingerprint density at radius 2 is 1.37 bits per heavy atom. The summed E-state index contributed by atoms with van der Waals surface area (Å²) in [5.74, 6) is -14.6. The predicted molar refractivity (Wildman–Crippen MR) is 119 cm³/mol. The van der Waals surface area contributed by atoms with Crippen LogP contribution in [0.5, 0.6) is 11.5 Å². The Bertz CT molecular complexity index is 1090. The highest BCUT2D eigenvalue weighted by Crippen LogP contribution is 2.48. The van der Waals surface area contributed by atoms with Crippen molar-refractivity contribution < 1.29 is 45.1 Å². The molecule has 0 radical (unpaired) electrons. The molecule has 1 N–H and O–H groups in total. The van der Waals surface area contributed by atoms with E-state index in [2.05, 4.69) is 5.09 Å². The third-order valence-electron chi connectivity index (χ3n) is 4.59. The van der Waals surface area contributed by atoms with E-state index >= 15 is 0 Å². The van der Waals surface area contributed by atoms with Crippen LogP contribution in [0.3, 0.4) is 0 Å². The van der Waals surface area contributed by atoms with E-state index in [1.165, 1.54) is 19.1 Å². The number of hydrogen-bond donors (Lipinski definition) is 1. The van der Waals surface area contributed by atoms with Crippen LogP contribution in [0.4, 0.5) is 22.0 Å². The Labute approximate surface area is 200 Å². The number of nitrogens with one attached hydrogen (secondary N) is 1. The van der Waals surface area contributed by atoms with Crippen LogP contribution in [-0.4, -0.2) is 18.6 Å². The van der Waals surface area contributed by atoms with Crippen molar-refractivity contribution >= 4 is 13.7 Å².